The number of nitrogens with zero attached hydrogens (tertiary/aromatic N) is 2. The number of carbonyl (C=O) groups is 1. The Morgan fingerprint density at radius 3 is 2.76 bits per heavy atom. The average molecular weight is 325 g/mol. The second kappa shape index (κ2) is 7.28. The number of carboxylic acid groups (broad SMARTS) is 1. The Balaban J connectivity index is 2.18. The lowest BCUT2D eigenvalue weighted by molar-refractivity contribution is -0.136. The Morgan fingerprint density at radius 1 is 1.43 bits per heavy atom. The van der Waals surface area contributed by atoms with Gasteiger partial charge in [0.1, 0.15) is 10.3 Å². The summed E-state index contributed by atoms with van der Waals surface area (Å²) in [5.41, 5.74) is 0.939. The van der Waals surface area contributed by atoms with Crippen molar-refractivity contribution in [1.29, 1.82) is 0 Å². The maximum atomic E-state index is 11.4. The van der Waals surface area contributed by atoms with Crippen molar-refractivity contribution < 1.29 is 14.6 Å². The highest BCUT2D eigenvalue weighted by molar-refractivity contribution is 8.00. The number of rotatable bonds is 6. The summed E-state index contributed by atoms with van der Waals surface area (Å²) in [6.07, 6.45) is 1.78. The number of aromatic nitrogens is 2. The van der Waals surface area contributed by atoms with Gasteiger partial charge in [0.15, 0.2) is 0 Å². The van der Waals surface area contributed by atoms with E-state index in [1.165, 1.54) is 13.3 Å². The predicted molar refractivity (Wildman–Crippen MR) is 81.0 cm³/mol. The van der Waals surface area contributed by atoms with Gasteiger partial charge in [-0.05, 0) is 12.0 Å². The zero-order valence-corrected chi connectivity index (χ0v) is 12.8. The van der Waals surface area contributed by atoms with Crippen molar-refractivity contribution in [2.24, 2.45) is 0 Å². The van der Waals surface area contributed by atoms with E-state index >= 15 is 0 Å². The molecular weight excluding hydrogens is 312 g/mol. The van der Waals surface area contributed by atoms with Crippen molar-refractivity contribution in [3.05, 3.63) is 47.1 Å². The van der Waals surface area contributed by atoms with Gasteiger partial charge in [-0.3, -0.25) is 4.79 Å². The summed E-state index contributed by atoms with van der Waals surface area (Å²) in [4.78, 5) is 19.4. The summed E-state index contributed by atoms with van der Waals surface area (Å²) >= 11 is 7.10. The van der Waals surface area contributed by atoms with Crippen LogP contribution in [0.15, 0.2) is 41.6 Å². The molecule has 5 nitrogen and oxygen atoms in total. The van der Waals surface area contributed by atoms with E-state index in [0.29, 0.717) is 16.5 Å². The number of carboxylic acids is 1. The Hall–Kier alpha value is -1.79. The molecule has 1 unspecified atom stereocenters. The normalized spacial score (nSPS) is 11.9. The molecule has 0 amide bonds. The highest BCUT2D eigenvalue weighted by Gasteiger charge is 2.22. The van der Waals surface area contributed by atoms with Crippen LogP contribution in [0.4, 0.5) is 0 Å². The highest BCUT2D eigenvalue weighted by Crippen LogP contribution is 2.31. The van der Waals surface area contributed by atoms with E-state index in [9.17, 15) is 9.90 Å². The standard InChI is InChI=1S/C14H13ClN2O3S/c1-20-14-16-8-10(15)12(17-14)21-11(13(18)19)7-9-5-3-2-4-6-9/h2-6,8,11H,7H2,1H3,(H,18,19). The lowest BCUT2D eigenvalue weighted by atomic mass is 10.1. The third kappa shape index (κ3) is 4.34. The topological polar surface area (TPSA) is 72.3 Å². The fourth-order valence-corrected chi connectivity index (χ4v) is 2.83. The second-order valence-electron chi connectivity index (χ2n) is 4.14. The minimum absolute atomic E-state index is 0.158. The number of aliphatic carboxylic acids is 1. The van der Waals surface area contributed by atoms with Gasteiger partial charge in [0, 0.05) is 0 Å². The summed E-state index contributed by atoms with van der Waals surface area (Å²) in [7, 11) is 1.44. The minimum atomic E-state index is -0.919. The van der Waals surface area contributed by atoms with Crippen LogP contribution < -0.4 is 4.74 Å². The SMILES string of the molecule is COc1ncc(Cl)c(SC(Cc2ccccc2)C(=O)O)n1. The molecule has 0 radical (unpaired) electrons. The van der Waals surface area contributed by atoms with Crippen molar-refractivity contribution in [3.63, 3.8) is 0 Å². The molecule has 1 N–H and O–H groups in total. The van der Waals surface area contributed by atoms with Gasteiger partial charge in [0.25, 0.3) is 0 Å². The first-order valence-corrected chi connectivity index (χ1v) is 7.36. The van der Waals surface area contributed by atoms with Crippen LogP contribution >= 0.6 is 23.4 Å². The molecule has 1 aromatic heterocycles. The Morgan fingerprint density at radius 2 is 2.14 bits per heavy atom. The molecule has 0 fully saturated rings. The zero-order chi connectivity index (χ0) is 15.2. The molecule has 2 aromatic rings. The molecule has 0 bridgehead atoms. The van der Waals surface area contributed by atoms with E-state index in [-0.39, 0.29) is 6.01 Å². The van der Waals surface area contributed by atoms with E-state index in [4.69, 9.17) is 16.3 Å². The van der Waals surface area contributed by atoms with E-state index in [0.717, 1.165) is 17.3 Å². The molecule has 110 valence electrons. The van der Waals surface area contributed by atoms with Crippen molar-refractivity contribution in [2.45, 2.75) is 16.7 Å². The minimum Gasteiger partial charge on any atom is -0.480 e. The van der Waals surface area contributed by atoms with Crippen LogP contribution in [0.5, 0.6) is 6.01 Å². The first kappa shape index (κ1) is 15.6. The van der Waals surface area contributed by atoms with Gasteiger partial charge in [-0.2, -0.15) is 4.98 Å². The van der Waals surface area contributed by atoms with E-state index < -0.39 is 11.2 Å². The van der Waals surface area contributed by atoms with Crippen molar-refractivity contribution in [2.75, 3.05) is 7.11 Å². The molecule has 0 saturated heterocycles. The van der Waals surface area contributed by atoms with Crippen LogP contribution in [0.3, 0.4) is 0 Å². The maximum Gasteiger partial charge on any atom is 0.317 e. The Bertz CT molecular complexity index is 625. The molecule has 1 aromatic carbocycles. The molecule has 1 heterocycles. The lowest BCUT2D eigenvalue weighted by Gasteiger charge is -2.12. The first-order valence-electron chi connectivity index (χ1n) is 6.10. The van der Waals surface area contributed by atoms with E-state index in [2.05, 4.69) is 9.97 Å². The number of hydrogen-bond donors (Lipinski definition) is 1. The Labute approximate surface area is 131 Å². The predicted octanol–water partition coefficient (Wildman–Crippen LogP) is 2.93. The smallest absolute Gasteiger partial charge is 0.317 e. The fourth-order valence-electron chi connectivity index (χ4n) is 1.66. The van der Waals surface area contributed by atoms with Crippen molar-refractivity contribution in [3.8, 4) is 6.01 Å². The quantitative estimate of drug-likeness (QED) is 0.650. The number of methoxy groups -OCH3 is 1. The van der Waals surface area contributed by atoms with Gasteiger partial charge in [0.05, 0.1) is 18.3 Å². The number of ether oxygens (including phenoxy) is 1. The molecule has 0 spiro atoms. The van der Waals surface area contributed by atoms with Gasteiger partial charge in [-0.25, -0.2) is 4.98 Å². The highest BCUT2D eigenvalue weighted by atomic mass is 35.5. The van der Waals surface area contributed by atoms with Gasteiger partial charge >= 0.3 is 12.0 Å². The average Bonchev–Trinajstić information content (AvgIpc) is 2.49. The van der Waals surface area contributed by atoms with E-state index in [1.54, 1.807) is 0 Å². The number of thioether (sulfide) groups is 1. The van der Waals surface area contributed by atoms with Gasteiger partial charge in [-0.1, -0.05) is 53.7 Å². The number of hydrogen-bond acceptors (Lipinski definition) is 5. The first-order chi connectivity index (χ1) is 10.1. The van der Waals surface area contributed by atoms with Crippen molar-refractivity contribution in [1.82, 2.24) is 9.97 Å². The van der Waals surface area contributed by atoms with Crippen molar-refractivity contribution >= 4 is 29.3 Å². The molecular formula is C14H13ClN2O3S. The van der Waals surface area contributed by atoms with E-state index in [1.807, 2.05) is 30.3 Å². The van der Waals surface area contributed by atoms with Crippen LogP contribution in [-0.2, 0) is 11.2 Å². The molecule has 0 aliphatic carbocycles. The molecule has 0 saturated carbocycles. The third-order valence-electron chi connectivity index (χ3n) is 2.67. The summed E-state index contributed by atoms with van der Waals surface area (Å²) in [6, 6.07) is 9.57. The Kier molecular flexibility index (Phi) is 5.41. The lowest BCUT2D eigenvalue weighted by Crippen LogP contribution is -2.19. The summed E-state index contributed by atoms with van der Waals surface area (Å²) in [5.74, 6) is -0.919. The monoisotopic (exact) mass is 324 g/mol. The third-order valence-corrected chi connectivity index (χ3v) is 4.24. The molecule has 0 aliphatic rings. The number of halogens is 1. The molecule has 2 rings (SSSR count). The molecule has 0 aliphatic heterocycles. The van der Waals surface area contributed by atoms with Gasteiger partial charge in [-0.15, -0.1) is 0 Å². The van der Waals surface area contributed by atoms with Crippen LogP contribution in [0, 0.1) is 0 Å². The van der Waals surface area contributed by atoms with Crippen LogP contribution in [0.1, 0.15) is 5.56 Å². The van der Waals surface area contributed by atoms with Gasteiger partial charge < -0.3 is 9.84 Å². The molecule has 21 heavy (non-hydrogen) atoms. The van der Waals surface area contributed by atoms with Crippen LogP contribution in [-0.4, -0.2) is 33.4 Å². The maximum absolute atomic E-state index is 11.4. The summed E-state index contributed by atoms with van der Waals surface area (Å²) < 4.78 is 4.93. The fraction of sp³-hybridized carbons (Fsp3) is 0.214. The van der Waals surface area contributed by atoms with Gasteiger partial charge in [0.2, 0.25) is 0 Å². The largest absolute Gasteiger partial charge is 0.480 e. The van der Waals surface area contributed by atoms with Crippen LogP contribution in [0.25, 0.3) is 0 Å². The second-order valence-corrected chi connectivity index (χ2v) is 5.74. The summed E-state index contributed by atoms with van der Waals surface area (Å²) in [6.45, 7) is 0. The molecule has 1 atom stereocenters. The zero-order valence-electron chi connectivity index (χ0n) is 11.2. The summed E-state index contributed by atoms with van der Waals surface area (Å²) in [5, 5.41) is 9.39. The van der Waals surface area contributed by atoms with Crippen LogP contribution in [0.2, 0.25) is 5.02 Å². The molecule has 7 heteroatoms. The number of benzene rings is 1.